The average Bonchev–Trinajstić information content (AvgIpc) is 2.93. The molecule has 1 saturated heterocycles. The van der Waals surface area contributed by atoms with E-state index in [1.807, 2.05) is 11.6 Å². The quantitative estimate of drug-likeness (QED) is 0.935. The van der Waals surface area contributed by atoms with Crippen molar-refractivity contribution in [2.24, 2.45) is 0 Å². The van der Waals surface area contributed by atoms with E-state index >= 15 is 0 Å². The Morgan fingerprint density at radius 2 is 2.04 bits per heavy atom. The van der Waals surface area contributed by atoms with Crippen LogP contribution in [0.25, 0.3) is 11.0 Å². The van der Waals surface area contributed by atoms with Crippen LogP contribution in [0.1, 0.15) is 40.5 Å². The maximum Gasteiger partial charge on any atom is 0.263 e. The van der Waals surface area contributed by atoms with E-state index in [4.69, 9.17) is 4.74 Å². The highest BCUT2D eigenvalue weighted by atomic mass is 16.5. The standard InChI is InChI=1S/C16H25N5O2/c1-5-23-11-6-8-20(9-7-11)15-18-13-12(14(22)19-15)10-17-21(13)16(2,3)4/h10-11H,5-9H2,1-4H3,(H,18,19,22). The predicted molar refractivity (Wildman–Crippen MR) is 90.0 cm³/mol. The molecule has 0 atom stereocenters. The lowest BCUT2D eigenvalue weighted by atomic mass is 10.1. The van der Waals surface area contributed by atoms with E-state index < -0.39 is 0 Å². The fraction of sp³-hybridized carbons (Fsp3) is 0.688. The van der Waals surface area contributed by atoms with Gasteiger partial charge in [-0.25, -0.2) is 4.68 Å². The zero-order valence-electron chi connectivity index (χ0n) is 14.3. The SMILES string of the molecule is CCOC1CCN(c2nc3c(cnn3C(C)(C)C)c(=O)[nH]2)CC1. The van der Waals surface area contributed by atoms with E-state index in [9.17, 15) is 4.79 Å². The summed E-state index contributed by atoms with van der Waals surface area (Å²) in [5.41, 5.74) is 0.289. The summed E-state index contributed by atoms with van der Waals surface area (Å²) in [7, 11) is 0. The highest BCUT2D eigenvalue weighted by Crippen LogP contribution is 2.22. The van der Waals surface area contributed by atoms with Crippen molar-refractivity contribution in [3.05, 3.63) is 16.6 Å². The third-order valence-electron chi connectivity index (χ3n) is 4.20. The summed E-state index contributed by atoms with van der Waals surface area (Å²) < 4.78 is 7.49. The summed E-state index contributed by atoms with van der Waals surface area (Å²) in [5.74, 6) is 0.628. The maximum atomic E-state index is 12.3. The van der Waals surface area contributed by atoms with Crippen molar-refractivity contribution in [3.8, 4) is 0 Å². The second kappa shape index (κ2) is 5.96. The summed E-state index contributed by atoms with van der Waals surface area (Å²) in [5, 5.41) is 4.88. The van der Waals surface area contributed by atoms with Crippen molar-refractivity contribution in [1.82, 2.24) is 19.7 Å². The minimum atomic E-state index is -0.220. The molecule has 1 N–H and O–H groups in total. The number of anilines is 1. The highest BCUT2D eigenvalue weighted by Gasteiger charge is 2.24. The fourth-order valence-corrected chi connectivity index (χ4v) is 3.02. The zero-order chi connectivity index (χ0) is 16.6. The molecule has 3 rings (SSSR count). The van der Waals surface area contributed by atoms with Crippen molar-refractivity contribution in [1.29, 1.82) is 0 Å². The number of hydrogen-bond acceptors (Lipinski definition) is 5. The number of ether oxygens (including phenoxy) is 1. The van der Waals surface area contributed by atoms with E-state index in [0.717, 1.165) is 32.5 Å². The van der Waals surface area contributed by atoms with Gasteiger partial charge in [-0.3, -0.25) is 9.78 Å². The molecule has 0 amide bonds. The average molecular weight is 319 g/mol. The summed E-state index contributed by atoms with van der Waals surface area (Å²) in [6.45, 7) is 10.6. The Morgan fingerprint density at radius 1 is 1.35 bits per heavy atom. The number of fused-ring (bicyclic) bond motifs is 1. The molecule has 3 heterocycles. The third kappa shape index (κ3) is 3.10. The van der Waals surface area contributed by atoms with Gasteiger partial charge in [0, 0.05) is 19.7 Å². The summed E-state index contributed by atoms with van der Waals surface area (Å²) >= 11 is 0. The molecule has 0 aromatic carbocycles. The molecule has 2 aromatic rings. The van der Waals surface area contributed by atoms with Crippen LogP contribution >= 0.6 is 0 Å². The molecular weight excluding hydrogens is 294 g/mol. The van der Waals surface area contributed by atoms with Gasteiger partial charge in [0.05, 0.1) is 17.8 Å². The smallest absolute Gasteiger partial charge is 0.263 e. The molecule has 2 aromatic heterocycles. The van der Waals surface area contributed by atoms with Gasteiger partial charge in [0.2, 0.25) is 5.95 Å². The molecule has 1 fully saturated rings. The van der Waals surface area contributed by atoms with Gasteiger partial charge < -0.3 is 9.64 Å². The molecular formula is C16H25N5O2. The molecule has 0 saturated carbocycles. The Labute approximate surface area is 135 Å². The van der Waals surface area contributed by atoms with Crippen LogP contribution in [0.2, 0.25) is 0 Å². The van der Waals surface area contributed by atoms with Gasteiger partial charge in [-0.1, -0.05) is 0 Å². The number of nitrogens with one attached hydrogen (secondary N) is 1. The minimum Gasteiger partial charge on any atom is -0.378 e. The summed E-state index contributed by atoms with van der Waals surface area (Å²) in [6.07, 6.45) is 3.81. The van der Waals surface area contributed by atoms with Crippen LogP contribution in [-0.4, -0.2) is 45.5 Å². The van der Waals surface area contributed by atoms with Crippen molar-refractivity contribution < 1.29 is 4.74 Å². The molecule has 0 unspecified atom stereocenters. The first-order valence-corrected chi connectivity index (χ1v) is 8.25. The lowest BCUT2D eigenvalue weighted by Gasteiger charge is -2.32. The van der Waals surface area contributed by atoms with Gasteiger partial charge in [-0.15, -0.1) is 0 Å². The van der Waals surface area contributed by atoms with Crippen molar-refractivity contribution in [2.45, 2.75) is 52.2 Å². The predicted octanol–water partition coefficient (Wildman–Crippen LogP) is 1.88. The Hall–Kier alpha value is -1.89. The molecule has 126 valence electrons. The Bertz CT molecular complexity index is 735. The van der Waals surface area contributed by atoms with Crippen LogP contribution in [0.3, 0.4) is 0 Å². The van der Waals surface area contributed by atoms with Crippen molar-refractivity contribution in [3.63, 3.8) is 0 Å². The second-order valence-electron chi connectivity index (χ2n) is 7.00. The molecule has 7 nitrogen and oxygen atoms in total. The molecule has 7 heteroatoms. The first-order valence-electron chi connectivity index (χ1n) is 8.25. The van der Waals surface area contributed by atoms with E-state index in [1.54, 1.807) is 6.20 Å². The first kappa shape index (κ1) is 16.0. The van der Waals surface area contributed by atoms with Crippen LogP contribution in [0.15, 0.2) is 11.0 Å². The van der Waals surface area contributed by atoms with Crippen LogP contribution in [-0.2, 0) is 10.3 Å². The molecule has 0 radical (unpaired) electrons. The lowest BCUT2D eigenvalue weighted by molar-refractivity contribution is 0.0457. The number of nitrogens with zero attached hydrogens (tertiary/aromatic N) is 4. The first-order chi connectivity index (χ1) is 10.9. The van der Waals surface area contributed by atoms with Crippen LogP contribution in [0.4, 0.5) is 5.95 Å². The Morgan fingerprint density at radius 3 is 2.65 bits per heavy atom. The number of aromatic amines is 1. The molecule has 0 aliphatic carbocycles. The largest absolute Gasteiger partial charge is 0.378 e. The lowest BCUT2D eigenvalue weighted by Crippen LogP contribution is -2.39. The van der Waals surface area contributed by atoms with Crippen molar-refractivity contribution in [2.75, 3.05) is 24.6 Å². The van der Waals surface area contributed by atoms with Crippen molar-refractivity contribution >= 4 is 17.0 Å². The molecule has 0 bridgehead atoms. The van der Waals surface area contributed by atoms with Gasteiger partial charge in [0.15, 0.2) is 5.65 Å². The maximum absolute atomic E-state index is 12.3. The minimum absolute atomic E-state index is 0.132. The number of aromatic nitrogens is 4. The van der Waals surface area contributed by atoms with E-state index in [0.29, 0.717) is 23.1 Å². The Kier molecular flexibility index (Phi) is 4.14. The van der Waals surface area contributed by atoms with Crippen LogP contribution < -0.4 is 10.5 Å². The molecule has 1 aliphatic heterocycles. The van der Waals surface area contributed by atoms with E-state index in [-0.39, 0.29) is 11.1 Å². The van der Waals surface area contributed by atoms with Gasteiger partial charge >= 0.3 is 0 Å². The third-order valence-corrected chi connectivity index (χ3v) is 4.20. The number of piperidine rings is 1. The number of H-pyrrole nitrogens is 1. The normalized spacial score (nSPS) is 17.1. The topological polar surface area (TPSA) is 76.0 Å². The van der Waals surface area contributed by atoms with Gasteiger partial charge in [0.25, 0.3) is 5.56 Å². The fourth-order valence-electron chi connectivity index (χ4n) is 3.02. The van der Waals surface area contributed by atoms with Gasteiger partial charge in [-0.2, -0.15) is 10.1 Å². The summed E-state index contributed by atoms with van der Waals surface area (Å²) in [4.78, 5) is 22.1. The number of rotatable bonds is 3. The zero-order valence-corrected chi connectivity index (χ0v) is 14.3. The van der Waals surface area contributed by atoms with E-state index in [1.165, 1.54) is 0 Å². The van der Waals surface area contributed by atoms with Crippen LogP contribution in [0, 0.1) is 0 Å². The number of hydrogen-bond donors (Lipinski definition) is 1. The molecule has 0 spiro atoms. The van der Waals surface area contributed by atoms with E-state index in [2.05, 4.69) is 40.7 Å². The van der Waals surface area contributed by atoms with Gasteiger partial charge in [0.1, 0.15) is 5.39 Å². The highest BCUT2D eigenvalue weighted by molar-refractivity contribution is 5.74. The van der Waals surface area contributed by atoms with Gasteiger partial charge in [-0.05, 0) is 40.5 Å². The molecule has 1 aliphatic rings. The monoisotopic (exact) mass is 319 g/mol. The Balaban J connectivity index is 1.92. The molecule has 23 heavy (non-hydrogen) atoms. The van der Waals surface area contributed by atoms with Crippen LogP contribution in [0.5, 0.6) is 0 Å². The summed E-state index contributed by atoms with van der Waals surface area (Å²) in [6, 6.07) is 0. The second-order valence-corrected chi connectivity index (χ2v) is 7.00.